The van der Waals surface area contributed by atoms with E-state index in [1.54, 1.807) is 31.2 Å². The first-order valence-electron chi connectivity index (χ1n) is 7.58. The summed E-state index contributed by atoms with van der Waals surface area (Å²) in [5.74, 6) is -0.111. The highest BCUT2D eigenvalue weighted by atomic mass is 31.2. The molecule has 1 aromatic rings. The van der Waals surface area contributed by atoms with Crippen molar-refractivity contribution < 1.29 is 27.9 Å². The molecular weight excluding hydrogens is 321 g/mol. The van der Waals surface area contributed by atoms with E-state index in [1.165, 1.54) is 0 Å². The van der Waals surface area contributed by atoms with Crippen LogP contribution in [0.25, 0.3) is 0 Å². The summed E-state index contributed by atoms with van der Waals surface area (Å²) in [7, 11) is -3.73. The van der Waals surface area contributed by atoms with Crippen LogP contribution in [0.3, 0.4) is 0 Å². The summed E-state index contributed by atoms with van der Waals surface area (Å²) in [4.78, 5) is 12.1. The van der Waals surface area contributed by atoms with Crippen molar-refractivity contribution in [2.75, 3.05) is 6.61 Å². The van der Waals surface area contributed by atoms with Crippen LogP contribution in [-0.4, -0.2) is 36.9 Å². The van der Waals surface area contributed by atoms with Crippen molar-refractivity contribution in [2.24, 2.45) is 0 Å². The molecule has 2 saturated heterocycles. The van der Waals surface area contributed by atoms with Gasteiger partial charge in [0.15, 0.2) is 0 Å². The van der Waals surface area contributed by atoms with Gasteiger partial charge in [-0.15, -0.1) is 0 Å². The number of benzene rings is 1. The highest BCUT2D eigenvalue weighted by Crippen LogP contribution is 2.46. The van der Waals surface area contributed by atoms with Crippen LogP contribution in [0.1, 0.15) is 20.3 Å². The van der Waals surface area contributed by atoms with Gasteiger partial charge in [-0.05, 0) is 26.0 Å². The first-order valence-corrected chi connectivity index (χ1v) is 9.12. The number of esters is 1. The first kappa shape index (κ1) is 16.5. The van der Waals surface area contributed by atoms with Gasteiger partial charge in [-0.3, -0.25) is 9.32 Å². The van der Waals surface area contributed by atoms with Gasteiger partial charge in [0.2, 0.25) is 0 Å². The smallest absolute Gasteiger partial charge is 0.458 e. The molecule has 2 aliphatic heterocycles. The highest BCUT2D eigenvalue weighted by molar-refractivity contribution is 7.52. The molecule has 23 heavy (non-hydrogen) atoms. The van der Waals surface area contributed by atoms with Gasteiger partial charge in [-0.2, -0.15) is 5.09 Å². The van der Waals surface area contributed by atoms with Gasteiger partial charge in [0.1, 0.15) is 24.0 Å². The first-order chi connectivity index (χ1) is 11.0. The fourth-order valence-corrected chi connectivity index (χ4v) is 4.12. The van der Waals surface area contributed by atoms with Crippen LogP contribution < -0.4 is 9.61 Å². The van der Waals surface area contributed by atoms with Crippen molar-refractivity contribution in [1.82, 2.24) is 5.09 Å². The SMILES string of the molecule is C[C@@H]1NP(=O)(Oc2ccccc2)OC[C@H]2O[C@@H](C)CC2OC1=O. The molecule has 2 heterocycles. The van der Waals surface area contributed by atoms with Gasteiger partial charge in [0, 0.05) is 6.42 Å². The summed E-state index contributed by atoms with van der Waals surface area (Å²) >= 11 is 0. The number of carbonyl (C=O) groups excluding carboxylic acids is 1. The molecule has 2 aliphatic rings. The lowest BCUT2D eigenvalue weighted by atomic mass is 10.1. The fourth-order valence-electron chi connectivity index (χ4n) is 2.61. The fraction of sp³-hybridized carbons (Fsp3) is 0.533. The number of rotatable bonds is 2. The minimum absolute atomic E-state index is 0.0200. The Hall–Kier alpha value is -1.40. The highest BCUT2D eigenvalue weighted by Gasteiger charge is 2.42. The molecule has 0 aromatic heterocycles. The Morgan fingerprint density at radius 3 is 2.70 bits per heavy atom. The van der Waals surface area contributed by atoms with E-state index in [-0.39, 0.29) is 12.7 Å². The molecule has 7 nitrogen and oxygen atoms in total. The van der Waals surface area contributed by atoms with Crippen LogP contribution in [0.15, 0.2) is 30.3 Å². The molecule has 5 atom stereocenters. The summed E-state index contributed by atoms with van der Waals surface area (Å²) in [5, 5.41) is 2.61. The van der Waals surface area contributed by atoms with Crippen molar-refractivity contribution >= 4 is 13.7 Å². The van der Waals surface area contributed by atoms with Gasteiger partial charge in [-0.25, -0.2) is 4.57 Å². The largest absolute Gasteiger partial charge is 0.459 e. The maximum Gasteiger partial charge on any atom is 0.459 e. The Kier molecular flexibility index (Phi) is 4.73. The number of nitrogens with one attached hydrogen (secondary N) is 1. The van der Waals surface area contributed by atoms with Crippen molar-refractivity contribution in [3.63, 3.8) is 0 Å². The predicted octanol–water partition coefficient (Wildman–Crippen LogP) is 2.27. The summed E-state index contributed by atoms with van der Waals surface area (Å²) < 4.78 is 35.0. The molecule has 2 fully saturated rings. The second kappa shape index (κ2) is 6.61. The predicted molar refractivity (Wildman–Crippen MR) is 82.1 cm³/mol. The molecule has 8 heteroatoms. The van der Waals surface area contributed by atoms with Crippen LogP contribution >= 0.6 is 7.75 Å². The number of carbonyl (C=O) groups is 1. The third-order valence-electron chi connectivity index (χ3n) is 3.74. The molecule has 3 rings (SSSR count). The minimum Gasteiger partial charge on any atom is -0.458 e. The zero-order valence-corrected chi connectivity index (χ0v) is 13.9. The molecule has 0 spiro atoms. The molecular formula is C15H20NO6P. The van der Waals surface area contributed by atoms with Crippen LogP contribution in [0, 0.1) is 0 Å². The van der Waals surface area contributed by atoms with E-state index in [4.69, 9.17) is 18.5 Å². The van der Waals surface area contributed by atoms with Crippen LogP contribution in [0.2, 0.25) is 0 Å². The average Bonchev–Trinajstić information content (AvgIpc) is 2.86. The lowest BCUT2D eigenvalue weighted by Gasteiger charge is -2.21. The number of hydrogen-bond donors (Lipinski definition) is 1. The van der Waals surface area contributed by atoms with Crippen molar-refractivity contribution in [1.29, 1.82) is 0 Å². The van der Waals surface area contributed by atoms with Crippen LogP contribution in [0.4, 0.5) is 0 Å². The molecule has 0 radical (unpaired) electrons. The molecule has 2 unspecified atom stereocenters. The van der Waals surface area contributed by atoms with Gasteiger partial charge < -0.3 is 14.0 Å². The minimum atomic E-state index is -3.73. The number of hydrogen-bond acceptors (Lipinski definition) is 6. The summed E-state index contributed by atoms with van der Waals surface area (Å²) in [6.45, 7) is 3.48. The lowest BCUT2D eigenvalue weighted by molar-refractivity contribution is -0.153. The molecule has 0 amide bonds. The van der Waals surface area contributed by atoms with E-state index in [2.05, 4.69) is 5.09 Å². The van der Waals surface area contributed by atoms with Gasteiger partial charge >= 0.3 is 13.7 Å². The lowest BCUT2D eigenvalue weighted by Crippen LogP contribution is -2.36. The topological polar surface area (TPSA) is 83.1 Å². The standard InChI is InChI=1S/C15H20NO6P/c1-10-8-13-14(20-10)9-19-23(18,16-11(2)15(17)21-13)22-12-6-4-3-5-7-12/h3-7,10-11,13-14H,8-9H2,1-2H3,(H,16,18)/t10-,11-,13?,14+,23?/m0/s1. The van der Waals surface area contributed by atoms with Crippen molar-refractivity contribution in [2.45, 2.75) is 44.6 Å². The van der Waals surface area contributed by atoms with E-state index >= 15 is 0 Å². The van der Waals surface area contributed by atoms with Crippen LogP contribution in [0.5, 0.6) is 5.75 Å². The molecule has 0 saturated carbocycles. The maximum atomic E-state index is 12.9. The Labute approximate surface area is 134 Å². The summed E-state index contributed by atoms with van der Waals surface area (Å²) in [6.07, 6.45) is -0.298. The third kappa shape index (κ3) is 3.93. The molecule has 1 aromatic carbocycles. The number of fused-ring (bicyclic) bond motifs is 1. The quantitative estimate of drug-likeness (QED) is 0.652. The average molecular weight is 341 g/mol. The van der Waals surface area contributed by atoms with Crippen molar-refractivity contribution in [3.8, 4) is 5.75 Å². The van der Waals surface area contributed by atoms with E-state index < -0.39 is 32.0 Å². The van der Waals surface area contributed by atoms with Crippen molar-refractivity contribution in [3.05, 3.63) is 30.3 Å². The van der Waals surface area contributed by atoms with E-state index in [9.17, 15) is 9.36 Å². The Morgan fingerprint density at radius 1 is 1.22 bits per heavy atom. The maximum absolute atomic E-state index is 12.9. The normalized spacial score (nSPS) is 37.9. The van der Waals surface area contributed by atoms with E-state index in [0.29, 0.717) is 12.2 Å². The summed E-state index contributed by atoms with van der Waals surface area (Å²) in [6, 6.07) is 7.84. The molecule has 0 bridgehead atoms. The molecule has 1 N–H and O–H groups in total. The Morgan fingerprint density at radius 2 is 1.96 bits per heavy atom. The summed E-state index contributed by atoms with van der Waals surface area (Å²) in [5.41, 5.74) is 0. The third-order valence-corrected chi connectivity index (χ3v) is 5.38. The van der Waals surface area contributed by atoms with Gasteiger partial charge in [0.25, 0.3) is 0 Å². The monoisotopic (exact) mass is 341 g/mol. The van der Waals surface area contributed by atoms with Crippen LogP contribution in [-0.2, 0) is 23.4 Å². The Bertz CT molecular complexity index is 609. The van der Waals surface area contributed by atoms with E-state index in [1.807, 2.05) is 13.0 Å². The second-order valence-corrected chi connectivity index (χ2v) is 7.44. The molecule has 0 aliphatic carbocycles. The zero-order valence-electron chi connectivity index (χ0n) is 13.0. The van der Waals surface area contributed by atoms with E-state index in [0.717, 1.165) is 0 Å². The number of para-hydroxylation sites is 1. The molecule has 126 valence electrons. The number of ether oxygens (including phenoxy) is 2. The zero-order chi connectivity index (χ0) is 16.4. The second-order valence-electron chi connectivity index (χ2n) is 5.74. The Balaban J connectivity index is 1.80. The van der Waals surface area contributed by atoms with Gasteiger partial charge in [0.05, 0.1) is 12.7 Å². The van der Waals surface area contributed by atoms with Gasteiger partial charge in [-0.1, -0.05) is 18.2 Å².